The fourth-order valence-electron chi connectivity index (χ4n) is 2.96. The first kappa shape index (κ1) is 20.2. The molecule has 1 N–H and O–H groups in total. The molecule has 3 rings (SSSR count). The van der Waals surface area contributed by atoms with E-state index in [2.05, 4.69) is 27.2 Å². The van der Waals surface area contributed by atoms with Crippen molar-refractivity contribution in [1.29, 1.82) is 0 Å². The van der Waals surface area contributed by atoms with Crippen molar-refractivity contribution in [2.45, 2.75) is 19.6 Å². The molecule has 144 valence electrons. The Labute approximate surface area is 174 Å². The van der Waals surface area contributed by atoms with Crippen LogP contribution in [0.2, 0.25) is 5.02 Å². The molecule has 2 aromatic carbocycles. The number of hydrogen-bond acceptors (Lipinski definition) is 3. The number of nitrogens with one attached hydrogen (secondary N) is 1. The number of rotatable bonds is 7. The number of carbonyl (C=O) groups is 1. The number of para-hydroxylation sites is 1. The molecular formula is C22H22ClN3OS. The number of aryl methyl sites for hydroxylation is 1. The number of benzene rings is 2. The minimum absolute atomic E-state index is 0.114. The largest absolute Gasteiger partial charge is 0.316 e. The van der Waals surface area contributed by atoms with Gasteiger partial charge in [-0.05, 0) is 37.6 Å². The molecule has 0 atom stereocenters. The molecule has 0 saturated carbocycles. The SMILES string of the molecule is Cc1cc(/C=N\NC(=O)CSCc2ccccc2)c(C)n1-c1ccccc1Cl. The van der Waals surface area contributed by atoms with E-state index in [9.17, 15) is 4.79 Å². The third-order valence-electron chi connectivity index (χ3n) is 4.30. The number of thioether (sulfide) groups is 1. The molecule has 1 heterocycles. The lowest BCUT2D eigenvalue weighted by Gasteiger charge is -2.11. The van der Waals surface area contributed by atoms with Gasteiger partial charge in [-0.1, -0.05) is 54.1 Å². The van der Waals surface area contributed by atoms with Crippen molar-refractivity contribution in [2.75, 3.05) is 5.75 Å². The van der Waals surface area contributed by atoms with Crippen molar-refractivity contribution >= 4 is 35.5 Å². The lowest BCUT2D eigenvalue weighted by Crippen LogP contribution is -2.19. The summed E-state index contributed by atoms with van der Waals surface area (Å²) in [5, 5.41) is 4.81. The van der Waals surface area contributed by atoms with E-state index in [1.54, 1.807) is 18.0 Å². The number of amides is 1. The first-order valence-electron chi connectivity index (χ1n) is 8.93. The topological polar surface area (TPSA) is 46.4 Å². The quantitative estimate of drug-likeness (QED) is 0.432. The Morgan fingerprint density at radius 1 is 1.14 bits per heavy atom. The second kappa shape index (κ2) is 9.62. The van der Waals surface area contributed by atoms with Gasteiger partial charge in [0.25, 0.3) is 0 Å². The van der Waals surface area contributed by atoms with Crippen molar-refractivity contribution in [3.05, 3.63) is 88.2 Å². The Morgan fingerprint density at radius 2 is 1.86 bits per heavy atom. The highest BCUT2D eigenvalue weighted by Crippen LogP contribution is 2.25. The number of hydrogen-bond donors (Lipinski definition) is 1. The minimum atomic E-state index is -0.114. The average molecular weight is 412 g/mol. The summed E-state index contributed by atoms with van der Waals surface area (Å²) in [4.78, 5) is 12.0. The van der Waals surface area contributed by atoms with Crippen LogP contribution in [0.15, 0.2) is 65.8 Å². The van der Waals surface area contributed by atoms with Crippen LogP contribution >= 0.6 is 23.4 Å². The van der Waals surface area contributed by atoms with Crippen molar-refractivity contribution in [3.63, 3.8) is 0 Å². The molecule has 0 fully saturated rings. The average Bonchev–Trinajstić information content (AvgIpc) is 2.97. The van der Waals surface area contributed by atoms with E-state index in [0.717, 1.165) is 28.4 Å². The summed E-state index contributed by atoms with van der Waals surface area (Å²) in [7, 11) is 0. The summed E-state index contributed by atoms with van der Waals surface area (Å²) in [6, 6.07) is 19.8. The highest BCUT2D eigenvalue weighted by atomic mass is 35.5. The molecule has 0 aliphatic carbocycles. The molecule has 6 heteroatoms. The fourth-order valence-corrected chi connectivity index (χ4v) is 3.96. The van der Waals surface area contributed by atoms with Gasteiger partial charge in [0.1, 0.15) is 0 Å². The minimum Gasteiger partial charge on any atom is -0.316 e. The van der Waals surface area contributed by atoms with Gasteiger partial charge in [0.05, 0.1) is 22.7 Å². The Morgan fingerprint density at radius 3 is 2.61 bits per heavy atom. The Hall–Kier alpha value is -2.50. The van der Waals surface area contributed by atoms with Gasteiger partial charge in [0.15, 0.2) is 0 Å². The molecular weight excluding hydrogens is 390 g/mol. The van der Waals surface area contributed by atoms with E-state index < -0.39 is 0 Å². The predicted octanol–water partition coefficient (Wildman–Crippen LogP) is 5.13. The van der Waals surface area contributed by atoms with Crippen LogP contribution < -0.4 is 5.43 Å². The van der Waals surface area contributed by atoms with Gasteiger partial charge < -0.3 is 4.57 Å². The zero-order valence-corrected chi connectivity index (χ0v) is 17.4. The van der Waals surface area contributed by atoms with E-state index in [1.165, 1.54) is 5.56 Å². The molecule has 0 saturated heterocycles. The van der Waals surface area contributed by atoms with Crippen LogP contribution in [0.25, 0.3) is 5.69 Å². The molecule has 1 aromatic heterocycles. The highest BCUT2D eigenvalue weighted by Gasteiger charge is 2.11. The second-order valence-electron chi connectivity index (χ2n) is 6.38. The first-order valence-corrected chi connectivity index (χ1v) is 10.5. The second-order valence-corrected chi connectivity index (χ2v) is 7.78. The maximum absolute atomic E-state index is 12.0. The van der Waals surface area contributed by atoms with Crippen molar-refractivity contribution < 1.29 is 4.79 Å². The van der Waals surface area contributed by atoms with Crippen LogP contribution in [0.4, 0.5) is 0 Å². The molecule has 0 bridgehead atoms. The van der Waals surface area contributed by atoms with Gasteiger partial charge in [-0.2, -0.15) is 5.10 Å². The molecule has 4 nitrogen and oxygen atoms in total. The summed E-state index contributed by atoms with van der Waals surface area (Å²) in [5.74, 6) is 1.05. The van der Waals surface area contributed by atoms with Gasteiger partial charge >= 0.3 is 0 Å². The van der Waals surface area contributed by atoms with Crippen molar-refractivity contribution in [1.82, 2.24) is 9.99 Å². The van der Waals surface area contributed by atoms with Gasteiger partial charge in [0.2, 0.25) is 5.91 Å². The van der Waals surface area contributed by atoms with Gasteiger partial charge in [-0.3, -0.25) is 4.79 Å². The van der Waals surface area contributed by atoms with Crippen LogP contribution in [-0.2, 0) is 10.5 Å². The molecule has 28 heavy (non-hydrogen) atoms. The highest BCUT2D eigenvalue weighted by molar-refractivity contribution is 7.99. The van der Waals surface area contributed by atoms with E-state index in [4.69, 9.17) is 11.6 Å². The number of halogens is 1. The van der Waals surface area contributed by atoms with Crippen molar-refractivity contribution in [3.8, 4) is 5.69 Å². The van der Waals surface area contributed by atoms with E-state index in [0.29, 0.717) is 10.8 Å². The molecule has 0 spiro atoms. The van der Waals surface area contributed by atoms with Gasteiger partial charge in [-0.15, -0.1) is 11.8 Å². The smallest absolute Gasteiger partial charge is 0.250 e. The maximum atomic E-state index is 12.0. The summed E-state index contributed by atoms with van der Waals surface area (Å²) < 4.78 is 2.08. The first-order chi connectivity index (χ1) is 13.6. The standard InChI is InChI=1S/C22H22ClN3OS/c1-16-12-19(17(2)26(16)21-11-7-6-10-20(21)23)13-24-25-22(27)15-28-14-18-8-4-3-5-9-18/h3-13H,14-15H2,1-2H3,(H,25,27)/b24-13-. The monoisotopic (exact) mass is 411 g/mol. The van der Waals surface area contributed by atoms with Gasteiger partial charge in [-0.25, -0.2) is 5.43 Å². The van der Waals surface area contributed by atoms with Crippen LogP contribution in [-0.4, -0.2) is 22.4 Å². The molecule has 0 unspecified atom stereocenters. The third kappa shape index (κ3) is 5.06. The summed E-state index contributed by atoms with van der Waals surface area (Å²) in [5.41, 5.74) is 7.74. The Kier molecular flexibility index (Phi) is 6.95. The summed E-state index contributed by atoms with van der Waals surface area (Å²) in [6.07, 6.45) is 1.68. The number of hydrazone groups is 1. The van der Waals surface area contributed by atoms with Crippen molar-refractivity contribution in [2.24, 2.45) is 5.10 Å². The van der Waals surface area contributed by atoms with E-state index in [1.807, 2.05) is 62.4 Å². The molecule has 0 aliphatic heterocycles. The molecule has 3 aromatic rings. The van der Waals surface area contributed by atoms with Gasteiger partial charge in [0, 0.05) is 22.7 Å². The predicted molar refractivity (Wildman–Crippen MR) is 119 cm³/mol. The number of nitrogens with zero attached hydrogens (tertiary/aromatic N) is 2. The third-order valence-corrected chi connectivity index (χ3v) is 5.62. The molecule has 1 amide bonds. The molecule has 0 aliphatic rings. The van der Waals surface area contributed by atoms with E-state index >= 15 is 0 Å². The summed E-state index contributed by atoms with van der Waals surface area (Å²) >= 11 is 7.90. The van der Waals surface area contributed by atoms with Crippen LogP contribution in [0.1, 0.15) is 22.5 Å². The molecule has 0 radical (unpaired) electrons. The van der Waals surface area contributed by atoms with E-state index in [-0.39, 0.29) is 5.91 Å². The lowest BCUT2D eigenvalue weighted by molar-refractivity contribution is -0.118. The van der Waals surface area contributed by atoms with Crippen LogP contribution in [0, 0.1) is 13.8 Å². The van der Waals surface area contributed by atoms with Crippen LogP contribution in [0.3, 0.4) is 0 Å². The fraction of sp³-hybridized carbons (Fsp3) is 0.182. The normalized spacial score (nSPS) is 11.1. The number of carbonyl (C=O) groups excluding carboxylic acids is 1. The zero-order valence-electron chi connectivity index (χ0n) is 15.9. The summed E-state index contributed by atoms with van der Waals surface area (Å²) in [6.45, 7) is 4.03. The lowest BCUT2D eigenvalue weighted by atomic mass is 10.2. The zero-order chi connectivity index (χ0) is 19.9. The Bertz CT molecular complexity index is 983. The Balaban J connectivity index is 1.58. The van der Waals surface area contributed by atoms with Crippen LogP contribution in [0.5, 0.6) is 0 Å². The number of aromatic nitrogens is 1. The maximum Gasteiger partial charge on any atom is 0.250 e.